The number of rotatable bonds is 47. The summed E-state index contributed by atoms with van der Waals surface area (Å²) in [6, 6.07) is 0.843. The highest BCUT2D eigenvalue weighted by molar-refractivity contribution is 5.89. The molecule has 9 unspecified atom stereocenters. The Kier molecular flexibility index (Phi) is 167. The van der Waals surface area contributed by atoms with Crippen molar-refractivity contribution in [2.45, 2.75) is 549 Å². The number of amides is 5. The van der Waals surface area contributed by atoms with E-state index in [9.17, 15) is 38.7 Å². The molecule has 23 heteroatoms. The van der Waals surface area contributed by atoms with E-state index in [-0.39, 0.29) is 61.0 Å². The van der Waals surface area contributed by atoms with Crippen LogP contribution in [0.15, 0.2) is 0 Å². The summed E-state index contributed by atoms with van der Waals surface area (Å²) in [4.78, 5) is 91.4. The molecule has 0 radical (unpaired) electrons. The van der Waals surface area contributed by atoms with E-state index in [2.05, 4.69) is 250 Å². The van der Waals surface area contributed by atoms with Crippen LogP contribution in [0.4, 0.5) is 4.79 Å². The Morgan fingerprint density at radius 2 is 0.654 bits per heavy atom. The van der Waals surface area contributed by atoms with Crippen molar-refractivity contribution in [3.8, 4) is 0 Å². The lowest BCUT2D eigenvalue weighted by molar-refractivity contribution is -0.192. The number of methoxy groups -OCH3 is 2. The monoisotopic (exact) mass is 1960 g/mol. The summed E-state index contributed by atoms with van der Waals surface area (Å²) in [6.45, 7) is 104. The van der Waals surface area contributed by atoms with Gasteiger partial charge < -0.3 is 74.1 Å². The predicted molar refractivity (Wildman–Crippen MR) is 596 cm³/mol. The molecule has 0 fully saturated rings. The van der Waals surface area contributed by atoms with E-state index in [4.69, 9.17) is 57.3 Å². The lowest BCUT2D eigenvalue weighted by atomic mass is 9.94. The lowest BCUT2D eigenvalue weighted by Gasteiger charge is -2.19. The number of carbonyl (C=O) groups is 7. The maximum absolute atomic E-state index is 11.8. The third-order valence-electron chi connectivity index (χ3n) is 19.3. The zero-order chi connectivity index (χ0) is 111. The normalized spacial score (nSPS) is 12.2. The predicted octanol–water partition coefficient (Wildman–Crippen LogP) is 28.5. The van der Waals surface area contributed by atoms with E-state index in [1.54, 1.807) is 28.1 Å². The van der Waals surface area contributed by atoms with Crippen LogP contribution < -0.4 is 44.2 Å². The molecule has 136 heavy (non-hydrogen) atoms. The highest BCUT2D eigenvalue weighted by atomic mass is 16.5. The van der Waals surface area contributed by atoms with Crippen molar-refractivity contribution in [3.63, 3.8) is 0 Å². The molecule has 0 saturated carbocycles. The number of hydrogen-bond donors (Lipinski definition) is 12. The fraction of sp³-hybridized carbons (Fsp3) is 0.929. The number of nitrogens with one attached hydrogen (secondary N) is 4. The number of nitrogens with two attached hydrogens (primary N) is 4. The molecule has 0 bridgehead atoms. The van der Waals surface area contributed by atoms with Crippen molar-refractivity contribution in [1.82, 2.24) is 21.3 Å². The number of carboxylic acid groups (broad SMARTS) is 2. The van der Waals surface area contributed by atoms with Gasteiger partial charge in [0.25, 0.3) is 0 Å². The Morgan fingerprint density at radius 3 is 0.824 bits per heavy atom. The Labute approximate surface area is 849 Å². The van der Waals surface area contributed by atoms with E-state index in [1.165, 1.54) is 64.2 Å². The first-order chi connectivity index (χ1) is 61.8. The molecule has 0 aliphatic rings. The SMILES string of the molecule is C.CC(=O)NC(C)CC(C)C.CC(=O)NC(C)CCC(C)C.CC(C)C(C)C.CC(C)CC(C)N.CC(C)CC(C)NC(N)=O.CC(C)CCC(=O)O.CC(C)CCC(C)N.CCC(C(=O)O)C(C)C.CCC(C)C.CCC(C)C.CCC(O)C(O)CC(C)C.CCCC(=O)C(CC(C)C)NC(=O)CCCN.CCCC(C)C.CCCC(C)C.COCCC(C)C.COCCC(C)C.O=C=O. The first-order valence-corrected chi connectivity index (χ1v) is 53.2. The molecule has 23 nitrogen and oxygen atoms in total. The summed E-state index contributed by atoms with van der Waals surface area (Å²) < 4.78 is 9.71. The largest absolute Gasteiger partial charge is 0.481 e. The number of ketones is 1. The van der Waals surface area contributed by atoms with Gasteiger partial charge in [-0.2, -0.15) is 9.59 Å². The summed E-state index contributed by atoms with van der Waals surface area (Å²) in [5.41, 5.74) is 21.3. The van der Waals surface area contributed by atoms with E-state index in [0.29, 0.717) is 105 Å². The van der Waals surface area contributed by atoms with Gasteiger partial charge in [0.15, 0.2) is 5.78 Å². The maximum atomic E-state index is 11.8. The average molecular weight is 1960 g/mol. The molecule has 0 aromatic carbocycles. The maximum Gasteiger partial charge on any atom is 0.373 e. The highest BCUT2D eigenvalue weighted by Crippen LogP contribution is 2.16. The second-order valence-electron chi connectivity index (χ2n) is 43.2. The number of Topliss-reactive ketones (excluding diaryl/α,β-unsaturated/α-hetero) is 1. The van der Waals surface area contributed by atoms with Crippen LogP contribution in [-0.2, 0) is 47.8 Å². The number of aliphatic hydroxyl groups excluding tert-OH is 2. The summed E-state index contributed by atoms with van der Waals surface area (Å²) in [5, 5.41) is 46.2. The Bertz CT molecular complexity index is 2300. The molecule has 834 valence electrons. The molecule has 9 atom stereocenters. The van der Waals surface area contributed by atoms with Crippen LogP contribution >= 0.6 is 0 Å². The van der Waals surface area contributed by atoms with Gasteiger partial charge in [0.1, 0.15) is 0 Å². The average Bonchev–Trinajstić information content (AvgIpc) is 0.911. The summed E-state index contributed by atoms with van der Waals surface area (Å²) >= 11 is 0. The quantitative estimate of drug-likeness (QED) is 0.0269. The van der Waals surface area contributed by atoms with Gasteiger partial charge in [-0.1, -0.05) is 330 Å². The van der Waals surface area contributed by atoms with Gasteiger partial charge in [-0.15, -0.1) is 0 Å². The molecular weight excluding hydrogens is 1710 g/mol. The summed E-state index contributed by atoms with van der Waals surface area (Å²) in [5.74, 6) is 10.7. The first kappa shape index (κ1) is 174. The van der Waals surface area contributed by atoms with Gasteiger partial charge in [0.05, 0.1) is 24.2 Å². The second-order valence-corrected chi connectivity index (χ2v) is 43.2. The first-order valence-electron chi connectivity index (χ1n) is 53.2. The number of aliphatic hydroxyl groups is 2. The number of carbonyl (C=O) groups excluding carboxylic acids is 7. The molecular formula is C113H252N8O15. The van der Waals surface area contributed by atoms with Crippen LogP contribution in [0.2, 0.25) is 0 Å². The van der Waals surface area contributed by atoms with Crippen molar-refractivity contribution in [2.75, 3.05) is 34.0 Å². The minimum atomic E-state index is -0.696. The smallest absolute Gasteiger partial charge is 0.373 e. The number of aliphatic carboxylic acids is 2. The van der Waals surface area contributed by atoms with Crippen LogP contribution in [0, 0.1) is 107 Å². The van der Waals surface area contributed by atoms with Crippen LogP contribution in [-0.4, -0.2) is 150 Å². The van der Waals surface area contributed by atoms with E-state index in [1.807, 2.05) is 90.0 Å². The third-order valence-corrected chi connectivity index (χ3v) is 19.3. The van der Waals surface area contributed by atoms with Crippen molar-refractivity contribution >= 4 is 47.6 Å². The molecule has 0 aliphatic heterocycles. The van der Waals surface area contributed by atoms with Crippen LogP contribution in [0.1, 0.15) is 500 Å². The van der Waals surface area contributed by atoms with Crippen molar-refractivity contribution in [1.29, 1.82) is 0 Å². The molecule has 0 spiro atoms. The van der Waals surface area contributed by atoms with E-state index in [0.717, 1.165) is 130 Å². The third kappa shape index (κ3) is 234. The number of carboxylic acids is 2. The van der Waals surface area contributed by atoms with Gasteiger partial charge >= 0.3 is 24.1 Å². The van der Waals surface area contributed by atoms with Gasteiger partial charge in [-0.05, 0) is 245 Å². The van der Waals surface area contributed by atoms with Gasteiger partial charge in [0, 0.05) is 90.8 Å². The minimum absolute atomic E-state index is 0. The van der Waals surface area contributed by atoms with Crippen LogP contribution in [0.5, 0.6) is 0 Å². The molecule has 0 aliphatic carbocycles. The Morgan fingerprint density at radius 1 is 0.338 bits per heavy atom. The van der Waals surface area contributed by atoms with Crippen molar-refractivity contribution < 1.29 is 73.1 Å². The Balaban J connectivity index is -0.0000000687. The van der Waals surface area contributed by atoms with Gasteiger partial charge in [-0.3, -0.25) is 28.8 Å². The highest BCUT2D eigenvalue weighted by Gasteiger charge is 2.22. The van der Waals surface area contributed by atoms with Crippen LogP contribution in [0.3, 0.4) is 0 Å². The number of urea groups is 1. The number of ether oxygens (including phenoxy) is 2. The van der Waals surface area contributed by atoms with Crippen molar-refractivity contribution in [2.24, 2.45) is 129 Å². The molecule has 0 aromatic rings. The molecule has 5 amide bonds. The second kappa shape index (κ2) is 130. The topological polar surface area (TPSA) is 405 Å². The standard InChI is InChI=1S/C13H26N2O2.C9H19NO.C8H17NO.C8H18O2.C7H16N2O.C7H17N.C7H14O2.C6H15N.C6H12O2.2C6H14O.3C6H14.2C5H12.CO2.CH4/c1-4-6-12(16)11(9-10(2)3)15-13(17)7-5-8-14;1-7(2)5-6-8(3)10-9(4)11;1-6(2)5-7(3)9-8(4)10;1-4-7(9)8(10)5-6(2)3;1-5(2)4-6(3)9-7(8)10;1-6(2)4-5-7(3)8;1-4-6(5(2)3)7(8)9;1-5(2)4-6(3)7;1-5(2)3-4-6(7)8;2*1-6(2)4-5-7-3;1-5(2)6(3)4;2*1-4-5-6(2)3;2*1-4-5(2)3;2-1-3;/h10-11H,4-9,14H2,1-3H3,(H,15,17);7-8H,5-6H2,1-4H3,(H,10,11);6-7H,5H2,1-4H3,(H,9,10);6-10H,4-5H2,1-3H3;5-6H,4H2,1-3H3,(H3,8,9,10);6-7H,4-5,8H2,1-3H3;5-6H,4H2,1-3H3,(H,8,9);5-6H,4,7H2,1-3H3;5H,3-4H2,1-2H3,(H,7,8);2*6H,4-5H2,1-3H3;5-6H,1-4H3;2*6H,4-5H2,1-3H3;2*5H,4H2,1-3H3;;1H4. The van der Waals surface area contributed by atoms with E-state index >= 15 is 0 Å². The number of primary amides is 1. The number of hydrogen-bond acceptors (Lipinski definition) is 16. The zero-order valence-electron chi connectivity index (χ0n) is 99.4. The summed E-state index contributed by atoms with van der Waals surface area (Å²) in [7, 11) is 3.48. The Hall–Kier alpha value is -4.61. The van der Waals surface area contributed by atoms with Crippen molar-refractivity contribution in [3.05, 3.63) is 0 Å². The molecule has 0 rings (SSSR count). The van der Waals surface area contributed by atoms with Gasteiger partial charge in [0.2, 0.25) is 17.7 Å². The fourth-order valence-electron chi connectivity index (χ4n) is 10.3. The minimum Gasteiger partial charge on any atom is -0.481 e. The fourth-order valence-corrected chi connectivity index (χ4v) is 10.3. The van der Waals surface area contributed by atoms with E-state index < -0.39 is 30.2 Å². The zero-order valence-corrected chi connectivity index (χ0v) is 99.4. The molecule has 16 N–H and O–H groups in total. The molecule has 0 aromatic heterocycles. The molecule has 0 heterocycles. The molecule has 0 saturated heterocycles. The summed E-state index contributed by atoms with van der Waals surface area (Å²) in [6.07, 6.45) is 23.7. The van der Waals surface area contributed by atoms with Crippen LogP contribution in [0.25, 0.3) is 0 Å². The lowest BCUT2D eigenvalue weighted by Crippen LogP contribution is -2.41. The van der Waals surface area contributed by atoms with Gasteiger partial charge in [-0.25, -0.2) is 4.79 Å².